The van der Waals surface area contributed by atoms with Crippen molar-refractivity contribution in [2.75, 3.05) is 19.0 Å². The molecule has 0 radical (unpaired) electrons. The van der Waals surface area contributed by atoms with Crippen molar-refractivity contribution < 1.29 is 23.5 Å². The Labute approximate surface area is 141 Å². The van der Waals surface area contributed by atoms with Crippen molar-refractivity contribution in [3.8, 4) is 5.75 Å². The van der Waals surface area contributed by atoms with Gasteiger partial charge in [-0.3, -0.25) is 9.89 Å². The molecule has 8 heteroatoms. The number of ether oxygens (including phenoxy) is 2. The molecule has 0 atom stereocenters. The van der Waals surface area contributed by atoms with Crippen molar-refractivity contribution in [2.45, 2.75) is 0 Å². The molecule has 0 aliphatic rings. The summed E-state index contributed by atoms with van der Waals surface area (Å²) < 4.78 is 23.2. The van der Waals surface area contributed by atoms with E-state index < -0.39 is 17.7 Å². The lowest BCUT2D eigenvalue weighted by molar-refractivity contribution is -0.118. The second kappa shape index (κ2) is 7.00. The number of para-hydroxylation sites is 1. The van der Waals surface area contributed by atoms with E-state index in [1.165, 1.54) is 25.3 Å². The number of anilines is 1. The summed E-state index contributed by atoms with van der Waals surface area (Å²) in [5, 5.41) is 9.73. The largest absolute Gasteiger partial charge is 0.481 e. The first-order chi connectivity index (χ1) is 12.1. The molecule has 1 heterocycles. The first-order valence-corrected chi connectivity index (χ1v) is 7.32. The molecule has 0 aliphatic carbocycles. The van der Waals surface area contributed by atoms with Gasteiger partial charge in [0, 0.05) is 11.1 Å². The molecule has 0 fully saturated rings. The van der Waals surface area contributed by atoms with E-state index in [1.807, 2.05) is 0 Å². The number of hydrogen-bond acceptors (Lipinski definition) is 5. The number of methoxy groups -OCH3 is 1. The molecule has 0 spiro atoms. The van der Waals surface area contributed by atoms with Crippen molar-refractivity contribution in [3.05, 3.63) is 54.0 Å². The minimum Gasteiger partial charge on any atom is -0.481 e. The average molecular weight is 343 g/mol. The maximum absolute atomic E-state index is 13.4. The van der Waals surface area contributed by atoms with Crippen LogP contribution in [0.1, 0.15) is 10.5 Å². The first kappa shape index (κ1) is 16.4. The van der Waals surface area contributed by atoms with E-state index in [0.717, 1.165) is 0 Å². The fourth-order valence-corrected chi connectivity index (χ4v) is 2.25. The van der Waals surface area contributed by atoms with Crippen molar-refractivity contribution in [1.82, 2.24) is 10.2 Å². The number of nitrogens with one attached hydrogen (secondary N) is 2. The van der Waals surface area contributed by atoms with E-state index in [0.29, 0.717) is 16.6 Å². The van der Waals surface area contributed by atoms with Gasteiger partial charge in [0.2, 0.25) is 0 Å². The van der Waals surface area contributed by atoms with E-state index in [9.17, 15) is 14.0 Å². The molecule has 0 saturated carbocycles. The lowest BCUT2D eigenvalue weighted by Crippen LogP contribution is -2.20. The van der Waals surface area contributed by atoms with E-state index >= 15 is 0 Å². The van der Waals surface area contributed by atoms with Crippen LogP contribution in [0.5, 0.6) is 5.75 Å². The molecule has 128 valence electrons. The summed E-state index contributed by atoms with van der Waals surface area (Å²) in [7, 11) is 1.26. The summed E-state index contributed by atoms with van der Waals surface area (Å²) in [5.74, 6) is -1.60. The predicted octanol–water partition coefficient (Wildman–Crippen LogP) is 2.51. The summed E-state index contributed by atoms with van der Waals surface area (Å²) in [6, 6.07) is 10.7. The number of H-pyrrole nitrogens is 1. The summed E-state index contributed by atoms with van der Waals surface area (Å²) in [4.78, 5) is 23.6. The van der Waals surface area contributed by atoms with E-state index in [2.05, 4.69) is 20.3 Å². The minimum atomic E-state index is -0.586. The van der Waals surface area contributed by atoms with Gasteiger partial charge in [0.25, 0.3) is 5.91 Å². The van der Waals surface area contributed by atoms with Crippen LogP contribution in [0.4, 0.5) is 10.1 Å². The molecule has 0 bridgehead atoms. The van der Waals surface area contributed by atoms with Gasteiger partial charge in [0.1, 0.15) is 0 Å². The van der Waals surface area contributed by atoms with Gasteiger partial charge >= 0.3 is 5.97 Å². The lowest BCUT2D eigenvalue weighted by Gasteiger charge is -2.08. The van der Waals surface area contributed by atoms with Gasteiger partial charge in [-0.1, -0.05) is 12.1 Å². The van der Waals surface area contributed by atoms with Crippen LogP contribution in [0, 0.1) is 5.82 Å². The Hall–Kier alpha value is -3.42. The van der Waals surface area contributed by atoms with Crippen molar-refractivity contribution in [3.63, 3.8) is 0 Å². The van der Waals surface area contributed by atoms with E-state index in [-0.39, 0.29) is 18.1 Å². The number of aromatic amines is 1. The van der Waals surface area contributed by atoms with Crippen molar-refractivity contribution in [2.24, 2.45) is 0 Å². The Morgan fingerprint density at radius 1 is 1.24 bits per heavy atom. The van der Waals surface area contributed by atoms with E-state index in [1.54, 1.807) is 24.3 Å². The molecule has 1 aromatic heterocycles. The lowest BCUT2D eigenvalue weighted by atomic mass is 10.2. The maximum atomic E-state index is 13.4. The Balaban J connectivity index is 1.71. The molecular weight excluding hydrogens is 329 g/mol. The number of fused-ring (bicyclic) bond motifs is 1. The van der Waals surface area contributed by atoms with Gasteiger partial charge < -0.3 is 14.8 Å². The second-order valence-corrected chi connectivity index (χ2v) is 5.09. The zero-order valence-electron chi connectivity index (χ0n) is 13.2. The Bertz CT molecular complexity index is 939. The van der Waals surface area contributed by atoms with Crippen LogP contribution in [0.25, 0.3) is 10.9 Å². The molecule has 3 rings (SSSR count). The summed E-state index contributed by atoms with van der Waals surface area (Å²) >= 11 is 0. The highest BCUT2D eigenvalue weighted by molar-refractivity contribution is 6.03. The third-order valence-corrected chi connectivity index (χ3v) is 3.42. The smallest absolute Gasteiger partial charge is 0.359 e. The molecule has 2 N–H and O–H groups in total. The van der Waals surface area contributed by atoms with Crippen LogP contribution >= 0.6 is 0 Å². The molecule has 25 heavy (non-hydrogen) atoms. The highest BCUT2D eigenvalue weighted by atomic mass is 19.1. The topological polar surface area (TPSA) is 93.3 Å². The third-order valence-electron chi connectivity index (χ3n) is 3.42. The fourth-order valence-electron chi connectivity index (χ4n) is 2.25. The van der Waals surface area contributed by atoms with Gasteiger partial charge in [0.05, 0.1) is 12.6 Å². The third kappa shape index (κ3) is 3.57. The number of carbonyl (C=O) groups is 2. The fraction of sp³-hybridized carbons (Fsp3) is 0.118. The number of aromatic nitrogens is 2. The molecule has 3 aromatic rings. The molecule has 1 amide bonds. The van der Waals surface area contributed by atoms with Crippen molar-refractivity contribution >= 4 is 28.5 Å². The molecule has 2 aromatic carbocycles. The predicted molar refractivity (Wildman–Crippen MR) is 88.0 cm³/mol. The van der Waals surface area contributed by atoms with Crippen LogP contribution in [0.3, 0.4) is 0 Å². The van der Waals surface area contributed by atoms with Gasteiger partial charge in [0.15, 0.2) is 23.9 Å². The number of rotatable bonds is 5. The highest BCUT2D eigenvalue weighted by Gasteiger charge is 2.15. The SMILES string of the molecule is COC(=O)c1n[nH]c2ccc(NC(=O)COc3ccccc3F)cc12. The van der Waals surface area contributed by atoms with Crippen LogP contribution in [-0.2, 0) is 9.53 Å². The average Bonchev–Trinajstić information content (AvgIpc) is 3.03. The number of hydrogen-bond donors (Lipinski definition) is 2. The number of benzene rings is 2. The Morgan fingerprint density at radius 2 is 2.04 bits per heavy atom. The molecular formula is C17H14FN3O4. The monoisotopic (exact) mass is 343 g/mol. The summed E-state index contributed by atoms with van der Waals surface area (Å²) in [6.45, 7) is -0.353. The zero-order chi connectivity index (χ0) is 17.8. The number of nitrogens with zero attached hydrogens (tertiary/aromatic N) is 1. The minimum absolute atomic E-state index is 0.00378. The van der Waals surface area contributed by atoms with E-state index in [4.69, 9.17) is 4.74 Å². The molecule has 7 nitrogen and oxygen atoms in total. The molecule has 0 saturated heterocycles. The summed E-state index contributed by atoms with van der Waals surface area (Å²) in [5.41, 5.74) is 1.19. The maximum Gasteiger partial charge on any atom is 0.359 e. The normalized spacial score (nSPS) is 10.5. The summed E-state index contributed by atoms with van der Waals surface area (Å²) in [6.07, 6.45) is 0. The quantitative estimate of drug-likeness (QED) is 0.694. The van der Waals surface area contributed by atoms with Crippen molar-refractivity contribution in [1.29, 1.82) is 0 Å². The van der Waals surface area contributed by atoms with Crippen LogP contribution in [0.15, 0.2) is 42.5 Å². The van der Waals surface area contributed by atoms with Gasteiger partial charge in [-0.2, -0.15) is 5.10 Å². The number of esters is 1. The molecule has 0 aliphatic heterocycles. The van der Waals surface area contributed by atoms with Crippen LogP contribution < -0.4 is 10.1 Å². The van der Waals surface area contributed by atoms with Gasteiger partial charge in [-0.15, -0.1) is 0 Å². The molecule has 0 unspecified atom stereocenters. The van der Waals surface area contributed by atoms with Gasteiger partial charge in [-0.05, 0) is 30.3 Å². The Morgan fingerprint density at radius 3 is 2.80 bits per heavy atom. The number of halogens is 1. The first-order valence-electron chi connectivity index (χ1n) is 7.32. The van der Waals surface area contributed by atoms with Crippen LogP contribution in [0.2, 0.25) is 0 Å². The Kier molecular flexibility index (Phi) is 4.60. The second-order valence-electron chi connectivity index (χ2n) is 5.09. The van der Waals surface area contributed by atoms with Gasteiger partial charge in [-0.25, -0.2) is 9.18 Å². The number of carbonyl (C=O) groups excluding carboxylic acids is 2. The highest BCUT2D eigenvalue weighted by Crippen LogP contribution is 2.21. The zero-order valence-corrected chi connectivity index (χ0v) is 13.2. The van der Waals surface area contributed by atoms with Crippen LogP contribution in [-0.4, -0.2) is 35.8 Å². The standard InChI is InChI=1S/C17H14FN3O4/c1-24-17(23)16-11-8-10(6-7-13(11)20-21-16)19-15(22)9-25-14-5-3-2-4-12(14)18/h2-8H,9H2,1H3,(H,19,22)(H,20,21). The number of amides is 1.